The Balaban J connectivity index is 1.17. The van der Waals surface area contributed by atoms with Crippen LogP contribution < -0.4 is 71.8 Å². The first kappa shape index (κ1) is 52.2. The molecule has 0 unspecified atom stereocenters. The number of hydrogen-bond acceptors (Lipinski definition) is 14. The van der Waals surface area contributed by atoms with E-state index in [1.807, 2.05) is 0 Å². The molecule has 0 radical (unpaired) electrons. The first-order valence-corrected chi connectivity index (χ1v) is 22.8. The van der Waals surface area contributed by atoms with Crippen molar-refractivity contribution in [3.05, 3.63) is 69.8 Å². The minimum absolute atomic E-state index is 0.153. The van der Waals surface area contributed by atoms with Crippen LogP contribution in [0.1, 0.15) is 126 Å². The second-order valence-electron chi connectivity index (χ2n) is 16.5. The fourth-order valence-electron chi connectivity index (χ4n) is 8.38. The quantitative estimate of drug-likeness (QED) is 0.0673. The second-order valence-corrected chi connectivity index (χ2v) is 16.5. The zero-order valence-corrected chi connectivity index (χ0v) is 39.7. The predicted octanol–water partition coefficient (Wildman–Crippen LogP) is 2.84. The molecule has 5 rings (SSSR count). The van der Waals surface area contributed by atoms with E-state index in [1.54, 1.807) is 0 Å². The van der Waals surface area contributed by atoms with Gasteiger partial charge in [0, 0.05) is 55.5 Å². The number of ether oxygens (including phenoxy) is 6. The summed E-state index contributed by atoms with van der Waals surface area (Å²) in [5.41, 5.74) is 12.2. The van der Waals surface area contributed by atoms with Crippen LogP contribution in [0, 0.1) is 0 Å². The summed E-state index contributed by atoms with van der Waals surface area (Å²) in [5, 5.41) is 17.8. The Bertz CT molecular complexity index is 2120. The summed E-state index contributed by atoms with van der Waals surface area (Å²) < 4.78 is 32.9. The van der Waals surface area contributed by atoms with Crippen LogP contribution in [-0.2, 0) is 0 Å². The van der Waals surface area contributed by atoms with Crippen molar-refractivity contribution in [3.8, 4) is 34.5 Å². The van der Waals surface area contributed by atoms with Crippen molar-refractivity contribution in [2.24, 2.45) is 11.5 Å². The average Bonchev–Trinajstić information content (AvgIpc) is 3.35. The number of methoxy groups -OCH3 is 6. The molecule has 0 aliphatic heterocycles. The molecule has 2 saturated carbocycles. The van der Waals surface area contributed by atoms with Gasteiger partial charge in [0.05, 0.1) is 76.0 Å². The maximum atomic E-state index is 13.8. The van der Waals surface area contributed by atoms with E-state index in [0.29, 0.717) is 90.4 Å². The zero-order chi connectivity index (χ0) is 49.3. The fraction of sp³-hybridized carbons (Fsp3) is 0.500. The Hall–Kier alpha value is -6.80. The standard InChI is InChI=1S/C48H66N8O12/c1-63-37-24-39(65-3)33(21-31(37)43(57)51-19-7-17-49)45(59)53-27-9-13-29(14-10-27)55-47(61)35-23-36(42(68-6)26-41(35)67-5)48(62)56-30-15-11-28(12-16-30)54-46(60)34-22-32(44(58)52-20-8-18-50)38(64-2)25-40(34)66-4/h21-30H,7-20,49-50H2,1-6H3,(H,51,57)(H,52,58)(H,53,59)(H,54,60)(H,55,61)(H,56,62)/t27-,28-,29+,30+. The van der Waals surface area contributed by atoms with Crippen LogP contribution in [0.5, 0.6) is 34.5 Å². The monoisotopic (exact) mass is 946 g/mol. The minimum atomic E-state index is -0.435. The largest absolute Gasteiger partial charge is 0.496 e. The fourth-order valence-corrected chi connectivity index (χ4v) is 8.38. The number of amides is 6. The van der Waals surface area contributed by atoms with E-state index >= 15 is 0 Å². The van der Waals surface area contributed by atoms with Crippen LogP contribution in [-0.4, -0.2) is 128 Å². The van der Waals surface area contributed by atoms with E-state index in [-0.39, 0.29) is 92.0 Å². The van der Waals surface area contributed by atoms with Crippen molar-refractivity contribution >= 4 is 35.4 Å². The van der Waals surface area contributed by atoms with Crippen LogP contribution in [0.4, 0.5) is 0 Å². The summed E-state index contributed by atoms with van der Waals surface area (Å²) in [7, 11) is 8.58. The Morgan fingerprint density at radius 2 is 0.588 bits per heavy atom. The van der Waals surface area contributed by atoms with Crippen molar-refractivity contribution in [2.75, 3.05) is 68.8 Å². The van der Waals surface area contributed by atoms with E-state index in [0.717, 1.165) is 0 Å². The van der Waals surface area contributed by atoms with E-state index in [2.05, 4.69) is 31.9 Å². The van der Waals surface area contributed by atoms with Gasteiger partial charge in [-0.2, -0.15) is 0 Å². The number of rotatable bonds is 22. The number of carbonyl (C=O) groups is 6. The molecule has 0 atom stereocenters. The molecular formula is C48H66N8O12. The van der Waals surface area contributed by atoms with Crippen molar-refractivity contribution in [3.63, 3.8) is 0 Å². The van der Waals surface area contributed by atoms with Gasteiger partial charge in [0.25, 0.3) is 35.4 Å². The molecule has 2 aliphatic rings. The summed E-state index contributed by atoms with van der Waals surface area (Å²) in [6.45, 7) is 1.57. The molecule has 0 saturated heterocycles. The van der Waals surface area contributed by atoms with E-state index in [1.165, 1.54) is 79.1 Å². The molecule has 0 spiro atoms. The van der Waals surface area contributed by atoms with Gasteiger partial charge in [0.2, 0.25) is 0 Å². The van der Waals surface area contributed by atoms with Gasteiger partial charge in [-0.3, -0.25) is 28.8 Å². The number of nitrogens with two attached hydrogens (primary N) is 2. The van der Waals surface area contributed by atoms with Gasteiger partial charge in [-0.05, 0) is 95.5 Å². The lowest BCUT2D eigenvalue weighted by atomic mass is 9.90. The topological polar surface area (TPSA) is 282 Å². The zero-order valence-electron chi connectivity index (χ0n) is 39.7. The van der Waals surface area contributed by atoms with Crippen LogP contribution in [0.15, 0.2) is 36.4 Å². The summed E-state index contributed by atoms with van der Waals surface area (Å²) in [6.07, 6.45) is 5.66. The molecule has 6 amide bonds. The van der Waals surface area contributed by atoms with Gasteiger partial charge in [0.1, 0.15) is 34.5 Å². The Labute approximate surface area is 396 Å². The molecular weight excluding hydrogens is 881 g/mol. The molecule has 3 aromatic carbocycles. The highest BCUT2D eigenvalue weighted by atomic mass is 16.5. The second kappa shape index (κ2) is 25.4. The predicted molar refractivity (Wildman–Crippen MR) is 253 cm³/mol. The molecule has 3 aromatic rings. The van der Waals surface area contributed by atoms with Crippen molar-refractivity contribution in [2.45, 2.75) is 88.4 Å². The molecule has 2 aliphatic carbocycles. The third-order valence-electron chi connectivity index (χ3n) is 12.2. The van der Waals surface area contributed by atoms with Crippen molar-refractivity contribution in [1.82, 2.24) is 31.9 Å². The van der Waals surface area contributed by atoms with Gasteiger partial charge in [-0.1, -0.05) is 0 Å². The maximum Gasteiger partial charge on any atom is 0.255 e. The molecule has 2 fully saturated rings. The molecule has 10 N–H and O–H groups in total. The Kier molecular flexibility index (Phi) is 19.5. The Morgan fingerprint density at radius 1 is 0.382 bits per heavy atom. The molecule has 0 bridgehead atoms. The van der Waals surface area contributed by atoms with Crippen LogP contribution in [0.25, 0.3) is 0 Å². The highest BCUT2D eigenvalue weighted by molar-refractivity contribution is 6.05. The summed E-state index contributed by atoms with van der Waals surface area (Å²) in [5.74, 6) is -1.03. The van der Waals surface area contributed by atoms with Crippen molar-refractivity contribution < 1.29 is 57.2 Å². The van der Waals surface area contributed by atoms with Gasteiger partial charge in [0.15, 0.2) is 0 Å². The minimum Gasteiger partial charge on any atom is -0.496 e. The lowest BCUT2D eigenvalue weighted by Gasteiger charge is -2.30. The Morgan fingerprint density at radius 3 is 0.779 bits per heavy atom. The molecule has 68 heavy (non-hydrogen) atoms. The van der Waals surface area contributed by atoms with E-state index < -0.39 is 35.4 Å². The van der Waals surface area contributed by atoms with Crippen LogP contribution in [0.3, 0.4) is 0 Å². The molecule has 370 valence electrons. The number of hydrogen-bond donors (Lipinski definition) is 8. The molecule has 0 heterocycles. The number of benzene rings is 3. The highest BCUT2D eigenvalue weighted by Gasteiger charge is 2.31. The third-order valence-corrected chi connectivity index (χ3v) is 12.2. The first-order valence-electron chi connectivity index (χ1n) is 22.8. The summed E-state index contributed by atoms with van der Waals surface area (Å²) in [4.78, 5) is 80.7. The van der Waals surface area contributed by atoms with Gasteiger partial charge in [-0.25, -0.2) is 0 Å². The first-order chi connectivity index (χ1) is 32.8. The average molecular weight is 947 g/mol. The van der Waals surface area contributed by atoms with E-state index in [9.17, 15) is 28.8 Å². The number of nitrogens with one attached hydrogen (secondary N) is 6. The maximum absolute atomic E-state index is 13.8. The number of carbonyl (C=O) groups excluding carboxylic acids is 6. The smallest absolute Gasteiger partial charge is 0.255 e. The third kappa shape index (κ3) is 13.2. The highest BCUT2D eigenvalue weighted by Crippen LogP contribution is 2.33. The van der Waals surface area contributed by atoms with Gasteiger partial charge >= 0.3 is 0 Å². The lowest BCUT2D eigenvalue weighted by Crippen LogP contribution is -2.44. The van der Waals surface area contributed by atoms with E-state index in [4.69, 9.17) is 39.9 Å². The summed E-state index contributed by atoms with van der Waals surface area (Å²) >= 11 is 0. The van der Waals surface area contributed by atoms with Crippen LogP contribution in [0.2, 0.25) is 0 Å². The van der Waals surface area contributed by atoms with Gasteiger partial charge < -0.3 is 71.8 Å². The normalized spacial score (nSPS) is 17.6. The van der Waals surface area contributed by atoms with Crippen molar-refractivity contribution in [1.29, 1.82) is 0 Å². The molecule has 20 heteroatoms. The summed E-state index contributed by atoms with van der Waals surface area (Å²) in [6, 6.07) is 8.01. The molecule has 0 aromatic heterocycles. The van der Waals surface area contributed by atoms with Gasteiger partial charge in [-0.15, -0.1) is 0 Å². The SMILES string of the molecule is COc1cc(OC)c(C(=O)N[C@H]2CC[C@@H](NC(=O)c3cc(C(=O)N[C@H]4CC[C@@H](NC(=O)c5cc(C(=O)NCCCN)c(OC)cc5OC)CC4)c(OC)cc3OC)CC2)cc1C(=O)NCCCN. The molecule has 20 nitrogen and oxygen atoms in total. The lowest BCUT2D eigenvalue weighted by molar-refractivity contribution is 0.0883. The van der Waals surface area contributed by atoms with Crippen LogP contribution >= 0.6 is 0 Å².